The molecule has 2 aromatic carbocycles. The summed E-state index contributed by atoms with van der Waals surface area (Å²) < 4.78 is 10.7. The summed E-state index contributed by atoms with van der Waals surface area (Å²) in [6.07, 6.45) is 1.64. The summed E-state index contributed by atoms with van der Waals surface area (Å²) in [6.45, 7) is 1.26. The summed E-state index contributed by atoms with van der Waals surface area (Å²) in [6, 6.07) is 16.4. The van der Waals surface area contributed by atoms with Crippen LogP contribution in [-0.4, -0.2) is 67.4 Å². The van der Waals surface area contributed by atoms with Crippen molar-refractivity contribution in [3.05, 3.63) is 59.7 Å². The first-order chi connectivity index (χ1) is 17.0. The standard InChI is InChI=1S/C27H32N2O6/c1-34-24-16-29(15-22(24)26(31)32)25(30)13-3-2-8-14-28-27(33)35-17-23-20-11-6-4-9-18(20)19-10-5-7-12-21(19)23/h4-7,9-12,22-24H,2-3,8,13-17H2,1H3,(H,28,33)(H,31,32). The molecule has 0 bridgehead atoms. The summed E-state index contributed by atoms with van der Waals surface area (Å²) in [5, 5.41) is 12.0. The number of methoxy groups -OCH3 is 1. The van der Waals surface area contributed by atoms with Crippen molar-refractivity contribution >= 4 is 18.0 Å². The Labute approximate surface area is 205 Å². The molecule has 2 aromatic rings. The lowest BCUT2D eigenvalue weighted by Gasteiger charge is -2.16. The SMILES string of the molecule is COC1CN(C(=O)CCCCCNC(=O)OCC2c3ccccc3-c3ccccc32)CC1C(=O)O. The Balaban J connectivity index is 1.13. The first kappa shape index (κ1) is 24.7. The molecule has 1 heterocycles. The van der Waals surface area contributed by atoms with Crippen LogP contribution < -0.4 is 5.32 Å². The van der Waals surface area contributed by atoms with E-state index in [1.54, 1.807) is 4.90 Å². The maximum Gasteiger partial charge on any atom is 0.407 e. The van der Waals surface area contributed by atoms with Gasteiger partial charge >= 0.3 is 12.1 Å². The number of carboxylic acid groups (broad SMARTS) is 1. The van der Waals surface area contributed by atoms with Crippen LogP contribution >= 0.6 is 0 Å². The number of hydrogen-bond donors (Lipinski definition) is 2. The zero-order valence-corrected chi connectivity index (χ0v) is 19.9. The second kappa shape index (κ2) is 11.4. The zero-order valence-electron chi connectivity index (χ0n) is 19.9. The maximum atomic E-state index is 12.4. The third-order valence-electron chi connectivity index (χ3n) is 6.92. The molecule has 0 spiro atoms. The van der Waals surface area contributed by atoms with Crippen LogP contribution in [0.5, 0.6) is 0 Å². The van der Waals surface area contributed by atoms with Crippen molar-refractivity contribution in [2.24, 2.45) is 5.92 Å². The number of benzene rings is 2. The van der Waals surface area contributed by atoms with Gasteiger partial charge in [-0.15, -0.1) is 0 Å². The molecule has 2 N–H and O–H groups in total. The fourth-order valence-electron chi connectivity index (χ4n) is 5.03. The van der Waals surface area contributed by atoms with E-state index >= 15 is 0 Å². The number of unbranched alkanes of at least 4 members (excludes halogenated alkanes) is 2. The van der Waals surface area contributed by atoms with E-state index in [9.17, 15) is 19.5 Å². The quantitative estimate of drug-likeness (QED) is 0.503. The molecule has 35 heavy (non-hydrogen) atoms. The molecule has 8 heteroatoms. The van der Waals surface area contributed by atoms with E-state index in [1.807, 2.05) is 24.3 Å². The highest BCUT2D eigenvalue weighted by molar-refractivity contribution is 5.80. The van der Waals surface area contributed by atoms with Crippen molar-refractivity contribution < 1.29 is 29.0 Å². The predicted molar refractivity (Wildman–Crippen MR) is 130 cm³/mol. The Hall–Kier alpha value is -3.39. The van der Waals surface area contributed by atoms with Crippen molar-refractivity contribution in [3.63, 3.8) is 0 Å². The first-order valence-corrected chi connectivity index (χ1v) is 12.1. The summed E-state index contributed by atoms with van der Waals surface area (Å²) in [4.78, 5) is 37.5. The third kappa shape index (κ3) is 5.65. The number of carboxylic acids is 1. The number of carbonyl (C=O) groups is 3. The number of nitrogens with one attached hydrogen (secondary N) is 1. The van der Waals surface area contributed by atoms with Gasteiger partial charge in [-0.05, 0) is 35.1 Å². The molecule has 0 saturated carbocycles. The van der Waals surface area contributed by atoms with Crippen LogP contribution in [0.2, 0.25) is 0 Å². The minimum absolute atomic E-state index is 0.0307. The molecule has 1 aliphatic carbocycles. The van der Waals surface area contributed by atoms with Crippen molar-refractivity contribution in [1.29, 1.82) is 0 Å². The second-order valence-electron chi connectivity index (χ2n) is 9.08. The van der Waals surface area contributed by atoms with E-state index in [-0.39, 0.29) is 25.0 Å². The highest BCUT2D eigenvalue weighted by Gasteiger charge is 2.39. The highest BCUT2D eigenvalue weighted by Crippen LogP contribution is 2.44. The number of fused-ring (bicyclic) bond motifs is 3. The molecule has 4 rings (SSSR count). The van der Waals surface area contributed by atoms with E-state index in [0.29, 0.717) is 25.9 Å². The van der Waals surface area contributed by atoms with E-state index < -0.39 is 24.1 Å². The van der Waals surface area contributed by atoms with Gasteiger partial charge in [0.25, 0.3) is 0 Å². The highest BCUT2D eigenvalue weighted by atomic mass is 16.5. The molecule has 2 aliphatic rings. The van der Waals surface area contributed by atoms with Crippen LogP contribution in [0.25, 0.3) is 11.1 Å². The fourth-order valence-corrected chi connectivity index (χ4v) is 5.03. The number of hydrogen-bond acceptors (Lipinski definition) is 5. The molecule has 2 unspecified atom stereocenters. The predicted octanol–water partition coefficient (Wildman–Crippen LogP) is 3.64. The largest absolute Gasteiger partial charge is 0.481 e. The van der Waals surface area contributed by atoms with Gasteiger partial charge in [0, 0.05) is 39.1 Å². The van der Waals surface area contributed by atoms with Crippen molar-refractivity contribution in [1.82, 2.24) is 10.2 Å². The minimum atomic E-state index is -0.938. The second-order valence-corrected chi connectivity index (χ2v) is 9.08. The Morgan fingerprint density at radius 1 is 0.971 bits per heavy atom. The van der Waals surface area contributed by atoms with Gasteiger partial charge in [-0.25, -0.2) is 4.79 Å². The number of amides is 2. The number of likely N-dealkylation sites (tertiary alicyclic amines) is 1. The van der Waals surface area contributed by atoms with Gasteiger partial charge in [0.15, 0.2) is 0 Å². The van der Waals surface area contributed by atoms with Crippen molar-refractivity contribution in [2.75, 3.05) is 33.4 Å². The van der Waals surface area contributed by atoms with Crippen LogP contribution in [0.1, 0.15) is 42.7 Å². The number of carbonyl (C=O) groups excluding carboxylic acids is 2. The van der Waals surface area contributed by atoms with Crippen LogP contribution in [0.3, 0.4) is 0 Å². The first-order valence-electron chi connectivity index (χ1n) is 12.1. The summed E-state index contributed by atoms with van der Waals surface area (Å²) in [7, 11) is 1.47. The van der Waals surface area contributed by atoms with E-state index in [1.165, 1.54) is 29.4 Å². The van der Waals surface area contributed by atoms with E-state index in [0.717, 1.165) is 12.8 Å². The number of nitrogens with zero attached hydrogens (tertiary/aromatic N) is 1. The van der Waals surface area contributed by atoms with Crippen LogP contribution in [0.4, 0.5) is 4.79 Å². The normalized spacial score (nSPS) is 18.7. The lowest BCUT2D eigenvalue weighted by atomic mass is 9.98. The number of ether oxygens (including phenoxy) is 2. The fraction of sp³-hybridized carbons (Fsp3) is 0.444. The Morgan fingerprint density at radius 2 is 1.63 bits per heavy atom. The lowest BCUT2D eigenvalue weighted by Crippen LogP contribution is -2.30. The number of rotatable bonds is 10. The van der Waals surface area contributed by atoms with Gasteiger partial charge in [0.2, 0.25) is 5.91 Å². The van der Waals surface area contributed by atoms with E-state index in [2.05, 4.69) is 29.6 Å². The monoisotopic (exact) mass is 480 g/mol. The summed E-state index contributed by atoms with van der Waals surface area (Å²) >= 11 is 0. The molecule has 0 radical (unpaired) electrons. The Kier molecular flexibility index (Phi) is 8.02. The average Bonchev–Trinajstić information content (AvgIpc) is 3.45. The molecule has 0 aromatic heterocycles. The number of alkyl carbamates (subject to hydrolysis) is 1. The van der Waals surface area contributed by atoms with Gasteiger partial charge in [-0.1, -0.05) is 55.0 Å². The molecular weight excluding hydrogens is 448 g/mol. The topological polar surface area (TPSA) is 105 Å². The van der Waals surface area contributed by atoms with Gasteiger partial charge in [-0.3, -0.25) is 9.59 Å². The average molecular weight is 481 g/mol. The smallest absolute Gasteiger partial charge is 0.407 e. The van der Waals surface area contributed by atoms with Gasteiger partial charge in [0.05, 0.1) is 6.10 Å². The van der Waals surface area contributed by atoms with E-state index in [4.69, 9.17) is 9.47 Å². The zero-order chi connectivity index (χ0) is 24.8. The molecule has 2 amide bonds. The van der Waals surface area contributed by atoms with Gasteiger partial charge in [-0.2, -0.15) is 0 Å². The third-order valence-corrected chi connectivity index (χ3v) is 6.92. The van der Waals surface area contributed by atoms with Crippen LogP contribution in [-0.2, 0) is 19.1 Å². The lowest BCUT2D eigenvalue weighted by molar-refractivity contribution is -0.144. The molecule has 1 saturated heterocycles. The van der Waals surface area contributed by atoms with Crippen LogP contribution in [0.15, 0.2) is 48.5 Å². The Morgan fingerprint density at radius 3 is 2.23 bits per heavy atom. The Bertz CT molecular complexity index is 1030. The minimum Gasteiger partial charge on any atom is -0.481 e. The molecule has 1 aliphatic heterocycles. The molecule has 2 atom stereocenters. The summed E-state index contributed by atoms with van der Waals surface area (Å²) in [5.74, 6) is -1.64. The summed E-state index contributed by atoms with van der Waals surface area (Å²) in [5.41, 5.74) is 4.74. The molecule has 186 valence electrons. The van der Waals surface area contributed by atoms with Gasteiger partial charge in [0.1, 0.15) is 12.5 Å². The molecular formula is C27H32N2O6. The molecule has 8 nitrogen and oxygen atoms in total. The maximum absolute atomic E-state index is 12.4. The van der Waals surface area contributed by atoms with Crippen LogP contribution in [0, 0.1) is 5.92 Å². The van der Waals surface area contributed by atoms with Crippen molar-refractivity contribution in [2.45, 2.75) is 37.7 Å². The van der Waals surface area contributed by atoms with Crippen molar-refractivity contribution in [3.8, 4) is 11.1 Å². The van der Waals surface area contributed by atoms with Gasteiger partial charge < -0.3 is 24.8 Å². The number of aliphatic carboxylic acids is 1. The molecule has 1 fully saturated rings.